The van der Waals surface area contributed by atoms with Gasteiger partial charge in [-0.25, -0.2) is 4.79 Å². The largest absolute Gasteiger partial charge is 0.423 e. The van der Waals surface area contributed by atoms with E-state index < -0.39 is 10.9 Å². The van der Waals surface area contributed by atoms with Gasteiger partial charge in [0.1, 0.15) is 11.4 Å². The van der Waals surface area contributed by atoms with Crippen LogP contribution in [0.25, 0.3) is 0 Å². The van der Waals surface area contributed by atoms with Crippen LogP contribution in [-0.2, 0) is 4.79 Å². The number of benzene rings is 2. The number of carbonyl (C=O) groups excluding carboxylic acids is 2. The maximum Gasteiger partial charge on any atom is 0.343 e. The minimum absolute atomic E-state index is 0.0835. The van der Waals surface area contributed by atoms with Crippen molar-refractivity contribution in [2.75, 3.05) is 29.4 Å². The molecule has 2 heterocycles. The van der Waals surface area contributed by atoms with Crippen molar-refractivity contribution in [3.05, 3.63) is 58.1 Å². The van der Waals surface area contributed by atoms with Gasteiger partial charge in [-0.15, -0.1) is 0 Å². The third-order valence-corrected chi connectivity index (χ3v) is 5.29. The van der Waals surface area contributed by atoms with Gasteiger partial charge in [0.2, 0.25) is 5.91 Å². The Labute approximate surface area is 167 Å². The summed E-state index contributed by atoms with van der Waals surface area (Å²) in [7, 11) is 0. The van der Waals surface area contributed by atoms with E-state index in [1.807, 2.05) is 4.90 Å². The lowest BCUT2D eigenvalue weighted by molar-refractivity contribution is -0.384. The number of anilines is 2. The lowest BCUT2D eigenvalue weighted by Gasteiger charge is -2.18. The number of rotatable bonds is 5. The monoisotopic (exact) mass is 395 g/mol. The minimum atomic E-state index is -0.661. The number of nitrogens with zero attached hydrogens (tertiary/aromatic N) is 3. The SMILES string of the molecule is O=C(Oc1ccc(N2CCCC2=O)cc1)c1ccc(N2CCCC2)c([N+](=O)[O-])c1. The molecule has 0 N–H and O–H groups in total. The minimum Gasteiger partial charge on any atom is -0.423 e. The molecule has 0 aliphatic carbocycles. The molecule has 150 valence electrons. The van der Waals surface area contributed by atoms with Crippen LogP contribution in [0.1, 0.15) is 36.0 Å². The number of nitro groups is 1. The van der Waals surface area contributed by atoms with Gasteiger partial charge in [-0.1, -0.05) is 0 Å². The van der Waals surface area contributed by atoms with Crippen LogP contribution in [0.15, 0.2) is 42.5 Å². The molecule has 4 rings (SSSR count). The molecule has 0 saturated carbocycles. The number of ether oxygens (including phenoxy) is 1. The second-order valence-electron chi connectivity index (χ2n) is 7.19. The molecule has 0 spiro atoms. The van der Waals surface area contributed by atoms with Crippen molar-refractivity contribution in [3.8, 4) is 5.75 Å². The van der Waals surface area contributed by atoms with E-state index in [1.165, 1.54) is 6.07 Å². The van der Waals surface area contributed by atoms with Crippen LogP contribution in [0, 0.1) is 10.1 Å². The molecule has 2 aliphatic rings. The number of hydrogen-bond donors (Lipinski definition) is 0. The van der Waals surface area contributed by atoms with Crippen LogP contribution in [0.3, 0.4) is 0 Å². The molecule has 0 radical (unpaired) electrons. The van der Waals surface area contributed by atoms with Crippen LogP contribution in [-0.4, -0.2) is 36.4 Å². The van der Waals surface area contributed by atoms with Gasteiger partial charge in [0, 0.05) is 37.8 Å². The Bertz CT molecular complexity index is 951. The van der Waals surface area contributed by atoms with Gasteiger partial charge in [-0.3, -0.25) is 14.9 Å². The fraction of sp³-hybridized carbons (Fsp3) is 0.333. The van der Waals surface area contributed by atoms with Crippen molar-refractivity contribution >= 4 is 28.9 Å². The van der Waals surface area contributed by atoms with Gasteiger partial charge >= 0.3 is 5.97 Å². The Morgan fingerprint density at radius 1 is 1.00 bits per heavy atom. The van der Waals surface area contributed by atoms with Crippen molar-refractivity contribution in [3.63, 3.8) is 0 Å². The van der Waals surface area contributed by atoms with Crippen LogP contribution in [0.4, 0.5) is 17.1 Å². The van der Waals surface area contributed by atoms with E-state index >= 15 is 0 Å². The van der Waals surface area contributed by atoms with Crippen LogP contribution >= 0.6 is 0 Å². The van der Waals surface area contributed by atoms with Crippen LogP contribution < -0.4 is 14.5 Å². The number of carbonyl (C=O) groups is 2. The topological polar surface area (TPSA) is 93.0 Å². The van der Waals surface area contributed by atoms with Gasteiger partial charge < -0.3 is 14.5 Å². The summed E-state index contributed by atoms with van der Waals surface area (Å²) in [4.78, 5) is 39.0. The second kappa shape index (κ2) is 7.90. The molecule has 2 aromatic rings. The normalized spacial score (nSPS) is 16.3. The first-order valence-corrected chi connectivity index (χ1v) is 9.69. The zero-order valence-corrected chi connectivity index (χ0v) is 15.9. The highest BCUT2D eigenvalue weighted by Crippen LogP contribution is 2.32. The predicted octanol–water partition coefficient (Wildman–Crippen LogP) is 3.54. The highest BCUT2D eigenvalue weighted by molar-refractivity contribution is 5.95. The van der Waals surface area contributed by atoms with Gasteiger partial charge in [-0.05, 0) is 55.7 Å². The lowest BCUT2D eigenvalue weighted by Crippen LogP contribution is -2.23. The average molecular weight is 395 g/mol. The van der Waals surface area contributed by atoms with Crippen molar-refractivity contribution in [1.82, 2.24) is 0 Å². The predicted molar refractivity (Wildman–Crippen MR) is 108 cm³/mol. The van der Waals surface area contributed by atoms with Crippen molar-refractivity contribution in [1.29, 1.82) is 0 Å². The van der Waals surface area contributed by atoms with E-state index in [2.05, 4.69) is 0 Å². The van der Waals surface area contributed by atoms with Crippen molar-refractivity contribution < 1.29 is 19.2 Å². The maximum absolute atomic E-state index is 12.5. The summed E-state index contributed by atoms with van der Waals surface area (Å²) in [6.45, 7) is 2.23. The van der Waals surface area contributed by atoms with Crippen LogP contribution in [0.2, 0.25) is 0 Å². The Hall–Kier alpha value is -3.42. The summed E-state index contributed by atoms with van der Waals surface area (Å²) in [5, 5.41) is 11.5. The number of amides is 1. The molecule has 0 aromatic heterocycles. The molecule has 2 aliphatic heterocycles. The van der Waals surface area contributed by atoms with E-state index in [0.717, 1.165) is 38.0 Å². The fourth-order valence-electron chi connectivity index (χ4n) is 3.80. The molecule has 0 atom stereocenters. The van der Waals surface area contributed by atoms with Gasteiger partial charge in [0.15, 0.2) is 0 Å². The molecular weight excluding hydrogens is 374 g/mol. The smallest absolute Gasteiger partial charge is 0.343 e. The van der Waals surface area contributed by atoms with Gasteiger partial charge in [0.25, 0.3) is 5.69 Å². The summed E-state index contributed by atoms with van der Waals surface area (Å²) in [6.07, 6.45) is 3.38. The Morgan fingerprint density at radius 2 is 1.72 bits per heavy atom. The molecule has 8 nitrogen and oxygen atoms in total. The van der Waals surface area contributed by atoms with E-state index in [4.69, 9.17) is 4.74 Å². The maximum atomic E-state index is 12.5. The molecule has 0 unspecified atom stereocenters. The van der Waals surface area contributed by atoms with E-state index in [-0.39, 0.29) is 17.2 Å². The highest BCUT2D eigenvalue weighted by Gasteiger charge is 2.25. The molecule has 0 bridgehead atoms. The average Bonchev–Trinajstić information content (AvgIpc) is 3.40. The first-order valence-electron chi connectivity index (χ1n) is 9.69. The summed E-state index contributed by atoms with van der Waals surface area (Å²) < 4.78 is 5.37. The lowest BCUT2D eigenvalue weighted by atomic mass is 10.1. The summed E-state index contributed by atoms with van der Waals surface area (Å²) >= 11 is 0. The summed E-state index contributed by atoms with van der Waals surface area (Å²) in [5.74, 6) is -0.261. The second-order valence-corrected chi connectivity index (χ2v) is 7.19. The quantitative estimate of drug-likeness (QED) is 0.333. The summed E-state index contributed by atoms with van der Waals surface area (Å²) in [5.41, 5.74) is 1.32. The van der Waals surface area contributed by atoms with E-state index in [0.29, 0.717) is 24.4 Å². The first kappa shape index (κ1) is 18.9. The van der Waals surface area contributed by atoms with E-state index in [1.54, 1.807) is 41.3 Å². The van der Waals surface area contributed by atoms with Crippen molar-refractivity contribution in [2.24, 2.45) is 0 Å². The van der Waals surface area contributed by atoms with Crippen LogP contribution in [0.5, 0.6) is 5.75 Å². The zero-order chi connectivity index (χ0) is 20.4. The molecule has 2 aromatic carbocycles. The molecule has 29 heavy (non-hydrogen) atoms. The molecule has 1 amide bonds. The van der Waals surface area contributed by atoms with Crippen molar-refractivity contribution in [2.45, 2.75) is 25.7 Å². The zero-order valence-electron chi connectivity index (χ0n) is 15.9. The third kappa shape index (κ3) is 3.91. The van der Waals surface area contributed by atoms with Gasteiger partial charge in [-0.2, -0.15) is 0 Å². The Morgan fingerprint density at radius 3 is 2.34 bits per heavy atom. The molecule has 8 heteroatoms. The highest BCUT2D eigenvalue weighted by atomic mass is 16.6. The van der Waals surface area contributed by atoms with E-state index in [9.17, 15) is 19.7 Å². The number of hydrogen-bond acceptors (Lipinski definition) is 6. The summed E-state index contributed by atoms with van der Waals surface area (Å²) in [6, 6.07) is 11.1. The van der Waals surface area contributed by atoms with Gasteiger partial charge in [0.05, 0.1) is 10.5 Å². The molecule has 2 saturated heterocycles. The molecular formula is C21H21N3O5. The molecule has 2 fully saturated rings. The number of nitro benzene ring substituents is 1. The Balaban J connectivity index is 1.50. The Kier molecular flexibility index (Phi) is 5.16. The first-order chi connectivity index (χ1) is 14.0. The third-order valence-electron chi connectivity index (χ3n) is 5.29. The fourth-order valence-corrected chi connectivity index (χ4v) is 3.80. The number of esters is 1. The standard InChI is InChI=1S/C21H21N3O5/c25-20-4-3-13-23(20)16-6-8-17(9-7-16)29-21(26)15-5-10-18(19(14-15)24(27)28)22-11-1-2-12-22/h5-10,14H,1-4,11-13H2.